The van der Waals surface area contributed by atoms with Crippen molar-refractivity contribution in [3.05, 3.63) is 0 Å². The minimum absolute atomic E-state index is 0.188. The molecule has 1 aliphatic carbocycles. The Labute approximate surface area is 98.0 Å². The van der Waals surface area contributed by atoms with Crippen LogP contribution in [0.5, 0.6) is 0 Å². The first-order valence-corrected chi connectivity index (χ1v) is 6.26. The zero-order chi connectivity index (χ0) is 11.8. The molecule has 1 heterocycles. The van der Waals surface area contributed by atoms with Gasteiger partial charge in [0.1, 0.15) is 0 Å². The predicted octanol–water partition coefficient (Wildman–Crippen LogP) is 0.639. The van der Waals surface area contributed by atoms with Crippen molar-refractivity contribution in [2.45, 2.75) is 44.2 Å². The molecule has 0 aromatic heterocycles. The third-order valence-corrected chi connectivity index (χ3v) is 4.13. The van der Waals surface area contributed by atoms with Gasteiger partial charge in [-0.3, -0.25) is 10.1 Å². The summed E-state index contributed by atoms with van der Waals surface area (Å²) in [7, 11) is 4.12. The second-order valence-corrected chi connectivity index (χ2v) is 5.46. The average molecular weight is 225 g/mol. The highest BCUT2D eigenvalue weighted by atomic mass is 16.2. The summed E-state index contributed by atoms with van der Waals surface area (Å²) in [6.07, 6.45) is 4.43. The number of likely N-dealkylation sites (N-methyl/N-ethyl adjacent to an activating group) is 1. The van der Waals surface area contributed by atoms with Crippen LogP contribution in [0.25, 0.3) is 0 Å². The fourth-order valence-corrected chi connectivity index (χ4v) is 2.70. The van der Waals surface area contributed by atoms with Gasteiger partial charge in [-0.05, 0) is 33.9 Å². The van der Waals surface area contributed by atoms with E-state index in [1.54, 1.807) is 0 Å². The molecule has 1 N–H and O–H groups in total. The van der Waals surface area contributed by atoms with Crippen LogP contribution in [-0.2, 0) is 4.79 Å². The molecule has 0 radical (unpaired) electrons. The Morgan fingerprint density at radius 2 is 2.06 bits per heavy atom. The van der Waals surface area contributed by atoms with E-state index in [1.165, 1.54) is 12.8 Å². The summed E-state index contributed by atoms with van der Waals surface area (Å²) in [5, 5.41) is 3.43. The van der Waals surface area contributed by atoms with Gasteiger partial charge in [-0.25, -0.2) is 0 Å². The number of carbonyl (C=O) groups excluding carboxylic acids is 1. The fourth-order valence-electron chi connectivity index (χ4n) is 2.70. The number of hydrogen-bond donors (Lipinski definition) is 1. The summed E-state index contributed by atoms with van der Waals surface area (Å²) >= 11 is 0. The van der Waals surface area contributed by atoms with Crippen molar-refractivity contribution in [3.8, 4) is 0 Å². The van der Waals surface area contributed by atoms with E-state index in [-0.39, 0.29) is 5.54 Å². The molecule has 1 saturated carbocycles. The van der Waals surface area contributed by atoms with Crippen molar-refractivity contribution in [1.29, 1.82) is 0 Å². The lowest BCUT2D eigenvalue weighted by atomic mass is 9.98. The lowest BCUT2D eigenvalue weighted by Crippen LogP contribution is -2.45. The van der Waals surface area contributed by atoms with Gasteiger partial charge in [0.2, 0.25) is 5.91 Å². The molecule has 1 saturated heterocycles. The van der Waals surface area contributed by atoms with E-state index in [9.17, 15) is 4.79 Å². The predicted molar refractivity (Wildman–Crippen MR) is 64.1 cm³/mol. The van der Waals surface area contributed by atoms with Gasteiger partial charge in [-0.2, -0.15) is 0 Å². The molecule has 0 aromatic rings. The minimum Gasteiger partial charge on any atom is -0.327 e. The topological polar surface area (TPSA) is 35.6 Å². The van der Waals surface area contributed by atoms with Crippen molar-refractivity contribution in [2.24, 2.45) is 0 Å². The summed E-state index contributed by atoms with van der Waals surface area (Å²) in [6.45, 7) is 3.73. The lowest BCUT2D eigenvalue weighted by molar-refractivity contribution is -0.132. The van der Waals surface area contributed by atoms with Crippen LogP contribution in [0.15, 0.2) is 0 Å². The second kappa shape index (κ2) is 4.34. The standard InChI is InChI=1S/C12H23N3O/c1-10(14(2)3)8-15-9-13-12(11(15)16)6-4-5-7-12/h10,13H,4-9H2,1-3H3. The molecule has 92 valence electrons. The van der Waals surface area contributed by atoms with Crippen LogP contribution in [-0.4, -0.2) is 54.6 Å². The first-order valence-electron chi connectivity index (χ1n) is 6.26. The number of amides is 1. The highest BCUT2D eigenvalue weighted by Gasteiger charge is 2.47. The van der Waals surface area contributed by atoms with E-state index in [0.717, 1.165) is 26.1 Å². The number of rotatable bonds is 3. The van der Waals surface area contributed by atoms with Crippen molar-refractivity contribution < 1.29 is 4.79 Å². The molecule has 16 heavy (non-hydrogen) atoms. The number of nitrogens with zero attached hydrogens (tertiary/aromatic N) is 2. The minimum atomic E-state index is -0.188. The maximum Gasteiger partial charge on any atom is 0.244 e. The molecular formula is C12H23N3O. The second-order valence-electron chi connectivity index (χ2n) is 5.46. The van der Waals surface area contributed by atoms with Gasteiger partial charge in [0.25, 0.3) is 0 Å². The summed E-state index contributed by atoms with van der Waals surface area (Å²) in [6, 6.07) is 0.419. The van der Waals surface area contributed by atoms with Crippen LogP contribution in [0.2, 0.25) is 0 Å². The summed E-state index contributed by atoms with van der Waals surface area (Å²) in [5.41, 5.74) is -0.188. The molecular weight excluding hydrogens is 202 g/mol. The van der Waals surface area contributed by atoms with Gasteiger partial charge in [0.15, 0.2) is 0 Å². The van der Waals surface area contributed by atoms with Crippen LogP contribution in [0.4, 0.5) is 0 Å². The van der Waals surface area contributed by atoms with Crippen LogP contribution in [0.3, 0.4) is 0 Å². The van der Waals surface area contributed by atoms with Gasteiger partial charge in [0.05, 0.1) is 12.2 Å². The maximum absolute atomic E-state index is 12.3. The molecule has 2 fully saturated rings. The summed E-state index contributed by atoms with van der Waals surface area (Å²) in [5.74, 6) is 0.332. The number of nitrogens with one attached hydrogen (secondary N) is 1. The van der Waals surface area contributed by atoms with E-state index in [2.05, 4.69) is 31.2 Å². The van der Waals surface area contributed by atoms with E-state index in [4.69, 9.17) is 0 Å². The van der Waals surface area contributed by atoms with Crippen LogP contribution < -0.4 is 5.32 Å². The zero-order valence-electron chi connectivity index (χ0n) is 10.6. The number of carbonyl (C=O) groups is 1. The zero-order valence-corrected chi connectivity index (χ0v) is 10.6. The first kappa shape index (κ1) is 11.9. The Kier molecular flexibility index (Phi) is 3.22. The number of hydrogen-bond acceptors (Lipinski definition) is 3. The molecule has 0 aromatic carbocycles. The Morgan fingerprint density at radius 3 is 2.62 bits per heavy atom. The van der Waals surface area contributed by atoms with Crippen molar-refractivity contribution >= 4 is 5.91 Å². The van der Waals surface area contributed by atoms with Gasteiger partial charge >= 0.3 is 0 Å². The van der Waals surface area contributed by atoms with Crippen molar-refractivity contribution in [2.75, 3.05) is 27.3 Å². The fraction of sp³-hybridized carbons (Fsp3) is 0.917. The van der Waals surface area contributed by atoms with Crippen molar-refractivity contribution in [3.63, 3.8) is 0 Å². The van der Waals surface area contributed by atoms with Crippen molar-refractivity contribution in [1.82, 2.24) is 15.1 Å². The molecule has 1 spiro atoms. The quantitative estimate of drug-likeness (QED) is 0.765. The Bertz CT molecular complexity index is 271. The molecule has 1 amide bonds. The molecule has 1 unspecified atom stereocenters. The Balaban J connectivity index is 1.97. The molecule has 1 atom stereocenters. The third kappa shape index (κ3) is 1.96. The van der Waals surface area contributed by atoms with Crippen LogP contribution in [0.1, 0.15) is 32.6 Å². The summed E-state index contributed by atoms with van der Waals surface area (Å²) < 4.78 is 0. The van der Waals surface area contributed by atoms with Gasteiger partial charge < -0.3 is 9.80 Å². The molecule has 4 heteroatoms. The molecule has 1 aliphatic heterocycles. The maximum atomic E-state index is 12.3. The Hall–Kier alpha value is -0.610. The SMILES string of the molecule is CC(CN1CNC2(CCCC2)C1=O)N(C)C. The first-order chi connectivity index (χ1) is 7.55. The molecule has 0 bridgehead atoms. The average Bonchev–Trinajstić information content (AvgIpc) is 2.82. The smallest absolute Gasteiger partial charge is 0.244 e. The Morgan fingerprint density at radius 1 is 1.44 bits per heavy atom. The normalized spacial score (nSPS) is 26.0. The monoisotopic (exact) mass is 225 g/mol. The summed E-state index contributed by atoms with van der Waals surface area (Å²) in [4.78, 5) is 16.5. The van der Waals surface area contributed by atoms with E-state index < -0.39 is 0 Å². The molecule has 2 rings (SSSR count). The van der Waals surface area contributed by atoms with Gasteiger partial charge in [-0.1, -0.05) is 12.8 Å². The highest BCUT2D eigenvalue weighted by Crippen LogP contribution is 2.34. The highest BCUT2D eigenvalue weighted by molar-refractivity contribution is 5.88. The molecule has 4 nitrogen and oxygen atoms in total. The van der Waals surface area contributed by atoms with E-state index >= 15 is 0 Å². The van der Waals surface area contributed by atoms with Crippen LogP contribution in [0, 0.1) is 0 Å². The van der Waals surface area contributed by atoms with Gasteiger partial charge in [-0.15, -0.1) is 0 Å². The van der Waals surface area contributed by atoms with E-state index in [1.807, 2.05) is 4.90 Å². The lowest BCUT2D eigenvalue weighted by Gasteiger charge is -2.26. The van der Waals surface area contributed by atoms with Gasteiger partial charge in [0, 0.05) is 12.6 Å². The van der Waals surface area contributed by atoms with E-state index in [0.29, 0.717) is 11.9 Å². The third-order valence-electron chi connectivity index (χ3n) is 4.13. The van der Waals surface area contributed by atoms with Crippen LogP contribution >= 0.6 is 0 Å². The largest absolute Gasteiger partial charge is 0.327 e. The molecule has 2 aliphatic rings.